The maximum atomic E-state index is 13.7. The zero-order valence-corrected chi connectivity index (χ0v) is 29.2. The molecular formula is C34H42N4O10S2. The molecule has 0 radical (unpaired) electrons. The van der Waals surface area contributed by atoms with E-state index in [1.807, 2.05) is 18.2 Å². The van der Waals surface area contributed by atoms with Gasteiger partial charge in [0, 0.05) is 38.3 Å². The number of ether oxygens (including phenoxy) is 2. The molecule has 16 heteroatoms. The van der Waals surface area contributed by atoms with Gasteiger partial charge in [-0.2, -0.15) is 4.31 Å². The number of carbonyl (C=O) groups excluding carboxylic acids is 1. The standard InChI is InChI=1S/C34H42N4O10S2/c1-35-49(43,44)30-6-3-5-29(17-30)47-23-28(39)21-36-27-19-34(48-22-27)12-14-38(15-13-34)50(45,46)31-7-2-4-26(16-31)25-10-8-24(9-11-25)20-37-32(40)18-33(41)42/h2-11,16-17,27-28,35-36,39H,12-15,18-23H2,1H3,(H,37,40)(H,41,42). The van der Waals surface area contributed by atoms with Gasteiger partial charge in [-0.25, -0.2) is 21.6 Å². The molecular weight excluding hydrogens is 689 g/mol. The van der Waals surface area contributed by atoms with Crippen LogP contribution in [0.2, 0.25) is 0 Å². The first-order valence-electron chi connectivity index (χ1n) is 16.2. The summed E-state index contributed by atoms with van der Waals surface area (Å²) >= 11 is 0. The highest BCUT2D eigenvalue weighted by molar-refractivity contribution is 7.89. The predicted molar refractivity (Wildman–Crippen MR) is 183 cm³/mol. The monoisotopic (exact) mass is 730 g/mol. The lowest BCUT2D eigenvalue weighted by Gasteiger charge is -2.38. The molecule has 14 nitrogen and oxygen atoms in total. The van der Waals surface area contributed by atoms with Crippen LogP contribution < -0.4 is 20.1 Å². The summed E-state index contributed by atoms with van der Waals surface area (Å²) in [5.41, 5.74) is 1.83. The average Bonchev–Trinajstić information content (AvgIpc) is 3.51. The number of carboxylic acid groups (broad SMARTS) is 1. The highest BCUT2D eigenvalue weighted by atomic mass is 32.2. The van der Waals surface area contributed by atoms with Crippen LogP contribution in [0.15, 0.2) is 82.6 Å². The summed E-state index contributed by atoms with van der Waals surface area (Å²) in [5, 5.41) is 25.1. The largest absolute Gasteiger partial charge is 0.491 e. The third-order valence-electron chi connectivity index (χ3n) is 8.87. The van der Waals surface area contributed by atoms with E-state index in [4.69, 9.17) is 14.6 Å². The van der Waals surface area contributed by atoms with E-state index in [1.165, 1.54) is 23.5 Å². The minimum atomic E-state index is -3.77. The number of aliphatic hydroxyl groups excluding tert-OH is 1. The molecule has 0 aromatic heterocycles. The van der Waals surface area contributed by atoms with Gasteiger partial charge in [-0.05, 0) is 67.3 Å². The summed E-state index contributed by atoms with van der Waals surface area (Å²) in [4.78, 5) is 22.5. The molecule has 0 bridgehead atoms. The lowest BCUT2D eigenvalue weighted by molar-refractivity contribution is -0.140. The molecule has 2 unspecified atom stereocenters. The normalized spacial score (nSPS) is 18.5. The molecule has 50 heavy (non-hydrogen) atoms. The van der Waals surface area contributed by atoms with Gasteiger partial charge in [0.25, 0.3) is 0 Å². The van der Waals surface area contributed by atoms with Gasteiger partial charge in [-0.3, -0.25) is 9.59 Å². The van der Waals surface area contributed by atoms with E-state index in [9.17, 15) is 31.5 Å². The Bertz CT molecular complexity index is 1880. The van der Waals surface area contributed by atoms with E-state index in [-0.39, 0.29) is 35.5 Å². The zero-order valence-electron chi connectivity index (χ0n) is 27.6. The fourth-order valence-corrected chi connectivity index (χ4v) is 8.31. The summed E-state index contributed by atoms with van der Waals surface area (Å²) in [5.74, 6) is -1.45. The lowest BCUT2D eigenvalue weighted by atomic mass is 9.88. The highest BCUT2D eigenvalue weighted by Crippen LogP contribution is 2.37. The fourth-order valence-electron chi connectivity index (χ4n) is 6.06. The first-order chi connectivity index (χ1) is 23.8. The van der Waals surface area contributed by atoms with Gasteiger partial charge in [0.05, 0.1) is 22.0 Å². The van der Waals surface area contributed by atoms with Crippen molar-refractivity contribution in [2.24, 2.45) is 0 Å². The van der Waals surface area contributed by atoms with Crippen LogP contribution in [-0.2, 0) is 40.9 Å². The fraction of sp³-hybridized carbons (Fsp3) is 0.412. The Kier molecular flexibility index (Phi) is 11.9. The predicted octanol–water partition coefficient (Wildman–Crippen LogP) is 1.69. The number of rotatable bonds is 15. The Hall–Kier alpha value is -3.90. The third kappa shape index (κ3) is 9.45. The Morgan fingerprint density at radius 2 is 1.68 bits per heavy atom. The first-order valence-corrected chi connectivity index (χ1v) is 19.1. The number of nitrogens with zero attached hydrogens (tertiary/aromatic N) is 1. The van der Waals surface area contributed by atoms with Crippen LogP contribution in [0.4, 0.5) is 0 Å². The number of nitrogens with one attached hydrogen (secondary N) is 3. The smallest absolute Gasteiger partial charge is 0.312 e. The minimum Gasteiger partial charge on any atom is -0.491 e. The molecule has 2 aliphatic heterocycles. The molecule has 2 aliphatic rings. The van der Waals surface area contributed by atoms with E-state index in [2.05, 4.69) is 15.4 Å². The number of carboxylic acids is 1. The summed E-state index contributed by atoms with van der Waals surface area (Å²) in [6.07, 6.45) is 0.291. The SMILES string of the molecule is CNS(=O)(=O)c1cccc(OCC(O)CNC2COC3(CCN(S(=O)(=O)c4cccc(-c5ccc(CNC(=O)CC(=O)O)cc5)c4)CC3)C2)c1. The van der Waals surface area contributed by atoms with Crippen LogP contribution in [0.3, 0.4) is 0 Å². The van der Waals surface area contributed by atoms with Crippen molar-refractivity contribution < 1.29 is 46.1 Å². The van der Waals surface area contributed by atoms with Crippen LogP contribution in [0.1, 0.15) is 31.2 Å². The van der Waals surface area contributed by atoms with Crippen molar-refractivity contribution in [1.29, 1.82) is 0 Å². The van der Waals surface area contributed by atoms with Crippen LogP contribution in [-0.4, -0.2) is 101 Å². The van der Waals surface area contributed by atoms with Crippen molar-refractivity contribution >= 4 is 31.9 Å². The number of amides is 1. The number of hydrogen-bond donors (Lipinski definition) is 5. The van der Waals surface area contributed by atoms with Gasteiger partial charge in [0.15, 0.2) is 0 Å². The van der Waals surface area contributed by atoms with Crippen molar-refractivity contribution in [2.75, 3.05) is 39.9 Å². The number of carbonyl (C=O) groups is 2. The Labute approximate surface area is 291 Å². The molecule has 2 fully saturated rings. The second-order valence-corrected chi connectivity index (χ2v) is 16.3. The molecule has 5 rings (SSSR count). The van der Waals surface area contributed by atoms with Gasteiger partial charge in [-0.15, -0.1) is 0 Å². The molecule has 3 aromatic rings. The molecule has 2 heterocycles. The van der Waals surface area contributed by atoms with E-state index >= 15 is 0 Å². The molecule has 0 aliphatic carbocycles. The second kappa shape index (κ2) is 16.0. The van der Waals surface area contributed by atoms with Crippen molar-refractivity contribution in [2.45, 2.75) is 59.8 Å². The van der Waals surface area contributed by atoms with E-state index in [1.54, 1.807) is 42.5 Å². The minimum absolute atomic E-state index is 0.0269. The van der Waals surface area contributed by atoms with E-state index in [0.29, 0.717) is 44.7 Å². The van der Waals surface area contributed by atoms with Crippen LogP contribution >= 0.6 is 0 Å². The second-order valence-electron chi connectivity index (χ2n) is 12.4. The maximum absolute atomic E-state index is 13.7. The highest BCUT2D eigenvalue weighted by Gasteiger charge is 2.44. The van der Waals surface area contributed by atoms with Crippen molar-refractivity contribution in [3.63, 3.8) is 0 Å². The summed E-state index contributed by atoms with van der Waals surface area (Å²) < 4.78 is 66.9. The third-order valence-corrected chi connectivity index (χ3v) is 12.2. The van der Waals surface area contributed by atoms with Crippen molar-refractivity contribution in [3.8, 4) is 16.9 Å². The number of hydrogen-bond acceptors (Lipinski definition) is 10. The lowest BCUT2D eigenvalue weighted by Crippen LogP contribution is -2.47. The molecule has 270 valence electrons. The average molecular weight is 731 g/mol. The number of benzene rings is 3. The van der Waals surface area contributed by atoms with Crippen LogP contribution in [0.5, 0.6) is 5.75 Å². The molecule has 3 aromatic carbocycles. The molecule has 0 saturated carbocycles. The molecule has 1 spiro atoms. The number of piperidine rings is 1. The number of aliphatic hydroxyl groups is 1. The number of aliphatic carboxylic acids is 1. The van der Waals surface area contributed by atoms with Gasteiger partial charge >= 0.3 is 5.97 Å². The molecule has 2 atom stereocenters. The van der Waals surface area contributed by atoms with Gasteiger partial charge < -0.3 is 30.3 Å². The quantitative estimate of drug-likeness (QED) is 0.143. The Morgan fingerprint density at radius 3 is 2.38 bits per heavy atom. The summed E-state index contributed by atoms with van der Waals surface area (Å²) in [6.45, 7) is 1.42. The zero-order chi connectivity index (χ0) is 35.9. The first kappa shape index (κ1) is 37.4. The van der Waals surface area contributed by atoms with E-state index < -0.39 is 50.0 Å². The maximum Gasteiger partial charge on any atom is 0.312 e. The van der Waals surface area contributed by atoms with E-state index in [0.717, 1.165) is 16.7 Å². The van der Waals surface area contributed by atoms with Crippen molar-refractivity contribution in [3.05, 3.63) is 78.4 Å². The van der Waals surface area contributed by atoms with Crippen molar-refractivity contribution in [1.82, 2.24) is 19.7 Å². The van der Waals surface area contributed by atoms with Crippen LogP contribution in [0.25, 0.3) is 11.1 Å². The van der Waals surface area contributed by atoms with Gasteiger partial charge in [-0.1, -0.05) is 42.5 Å². The molecule has 2 saturated heterocycles. The Morgan fingerprint density at radius 1 is 0.980 bits per heavy atom. The topological polar surface area (TPSA) is 201 Å². The van der Waals surface area contributed by atoms with Gasteiger partial charge in [0.1, 0.15) is 24.9 Å². The summed E-state index contributed by atoms with van der Waals surface area (Å²) in [6, 6.07) is 20.0. The summed E-state index contributed by atoms with van der Waals surface area (Å²) in [7, 11) is -6.06. The molecule has 5 N–H and O–H groups in total. The van der Waals surface area contributed by atoms with Gasteiger partial charge in [0.2, 0.25) is 26.0 Å². The number of sulfonamides is 2. The Balaban J connectivity index is 1.09. The van der Waals surface area contributed by atoms with Crippen LogP contribution in [0, 0.1) is 0 Å². The molecule has 1 amide bonds.